The number of likely N-dealkylation sites (tertiary alicyclic amines) is 1. The van der Waals surface area contributed by atoms with E-state index in [0.717, 1.165) is 31.5 Å². The predicted octanol–water partition coefficient (Wildman–Crippen LogP) is 1.76. The Hall–Kier alpha value is -2.17. The van der Waals surface area contributed by atoms with E-state index in [9.17, 15) is 4.79 Å². The van der Waals surface area contributed by atoms with Gasteiger partial charge in [-0.05, 0) is 25.0 Å². The second-order valence-corrected chi connectivity index (χ2v) is 4.77. The molecule has 0 atom stereocenters. The Kier molecular flexibility index (Phi) is 3.27. The van der Waals surface area contributed by atoms with Gasteiger partial charge in [-0.15, -0.1) is 5.10 Å². The molecule has 0 N–H and O–H groups in total. The van der Waals surface area contributed by atoms with E-state index >= 15 is 0 Å². The molecule has 1 fully saturated rings. The molecule has 0 radical (unpaired) electrons. The number of aromatic nitrogens is 3. The van der Waals surface area contributed by atoms with Crippen LogP contribution in [-0.2, 0) is 0 Å². The lowest BCUT2D eigenvalue weighted by Crippen LogP contribution is -2.39. The monoisotopic (exact) mass is 256 g/mol. The fourth-order valence-electron chi connectivity index (χ4n) is 2.51. The summed E-state index contributed by atoms with van der Waals surface area (Å²) in [5.74, 6) is 0.123. The number of hydrogen-bond acceptors (Lipinski definition) is 3. The minimum atomic E-state index is 0.123. The molecule has 5 heteroatoms. The van der Waals surface area contributed by atoms with Gasteiger partial charge in [0, 0.05) is 24.8 Å². The van der Waals surface area contributed by atoms with E-state index in [0.29, 0.717) is 6.04 Å². The van der Waals surface area contributed by atoms with Crippen molar-refractivity contribution in [2.45, 2.75) is 18.9 Å². The number of piperidine rings is 1. The van der Waals surface area contributed by atoms with Crippen LogP contribution in [0.2, 0.25) is 0 Å². The maximum atomic E-state index is 12.3. The van der Waals surface area contributed by atoms with Crippen LogP contribution in [0.25, 0.3) is 0 Å². The number of nitrogens with zero attached hydrogens (tertiary/aromatic N) is 4. The average Bonchev–Trinajstić information content (AvgIpc) is 3.02. The number of benzene rings is 1. The van der Waals surface area contributed by atoms with E-state index < -0.39 is 0 Å². The van der Waals surface area contributed by atoms with Crippen molar-refractivity contribution in [3.8, 4) is 0 Å². The quantitative estimate of drug-likeness (QED) is 0.822. The number of carbonyl (C=O) groups is 1. The van der Waals surface area contributed by atoms with Gasteiger partial charge in [-0.2, -0.15) is 0 Å². The summed E-state index contributed by atoms with van der Waals surface area (Å²) in [5, 5.41) is 7.86. The molecule has 1 aliphatic rings. The molecule has 1 saturated heterocycles. The molecule has 0 unspecified atom stereocenters. The lowest BCUT2D eigenvalue weighted by molar-refractivity contribution is 0.0689. The van der Waals surface area contributed by atoms with Gasteiger partial charge in [0.05, 0.1) is 12.2 Å². The first-order valence-corrected chi connectivity index (χ1v) is 6.55. The van der Waals surface area contributed by atoms with Crippen LogP contribution >= 0.6 is 0 Å². The average molecular weight is 256 g/mol. The zero-order valence-corrected chi connectivity index (χ0v) is 10.6. The smallest absolute Gasteiger partial charge is 0.253 e. The van der Waals surface area contributed by atoms with Crippen molar-refractivity contribution in [3.63, 3.8) is 0 Å². The molecule has 3 rings (SSSR count). The van der Waals surface area contributed by atoms with Gasteiger partial charge in [-0.3, -0.25) is 4.79 Å². The Balaban J connectivity index is 1.63. The van der Waals surface area contributed by atoms with Crippen LogP contribution in [0.15, 0.2) is 42.7 Å². The third kappa shape index (κ3) is 2.50. The molecule has 0 saturated carbocycles. The van der Waals surface area contributed by atoms with Gasteiger partial charge >= 0.3 is 0 Å². The minimum absolute atomic E-state index is 0.123. The van der Waals surface area contributed by atoms with Crippen LogP contribution in [0.4, 0.5) is 0 Å². The first-order valence-electron chi connectivity index (χ1n) is 6.55. The molecule has 2 aromatic rings. The van der Waals surface area contributed by atoms with Crippen LogP contribution in [0, 0.1) is 0 Å². The van der Waals surface area contributed by atoms with E-state index in [-0.39, 0.29) is 5.91 Å². The Morgan fingerprint density at radius 3 is 2.53 bits per heavy atom. The summed E-state index contributed by atoms with van der Waals surface area (Å²) in [6.45, 7) is 1.55. The molecule has 1 aromatic heterocycles. The van der Waals surface area contributed by atoms with Crippen LogP contribution in [0.1, 0.15) is 29.2 Å². The largest absolute Gasteiger partial charge is 0.338 e. The zero-order valence-electron chi connectivity index (χ0n) is 10.6. The molecule has 2 heterocycles. The summed E-state index contributed by atoms with van der Waals surface area (Å²) in [6, 6.07) is 9.82. The van der Waals surface area contributed by atoms with Crippen molar-refractivity contribution in [3.05, 3.63) is 48.3 Å². The molecule has 98 valence electrons. The summed E-state index contributed by atoms with van der Waals surface area (Å²) >= 11 is 0. The molecule has 0 spiro atoms. The van der Waals surface area contributed by atoms with Gasteiger partial charge in [0.1, 0.15) is 0 Å². The number of amides is 1. The van der Waals surface area contributed by atoms with Crippen LogP contribution in [-0.4, -0.2) is 38.9 Å². The number of rotatable bonds is 2. The van der Waals surface area contributed by atoms with Crippen molar-refractivity contribution >= 4 is 5.91 Å². The Morgan fingerprint density at radius 2 is 1.89 bits per heavy atom. The highest BCUT2D eigenvalue weighted by atomic mass is 16.2. The molecule has 1 aromatic carbocycles. The summed E-state index contributed by atoms with van der Waals surface area (Å²) in [5.41, 5.74) is 0.765. The van der Waals surface area contributed by atoms with E-state index in [4.69, 9.17) is 0 Å². The third-order valence-electron chi connectivity index (χ3n) is 3.59. The van der Waals surface area contributed by atoms with Gasteiger partial charge in [0.25, 0.3) is 5.91 Å². The lowest BCUT2D eigenvalue weighted by atomic mass is 10.0. The zero-order chi connectivity index (χ0) is 13.1. The fourth-order valence-corrected chi connectivity index (χ4v) is 2.51. The highest BCUT2D eigenvalue weighted by Crippen LogP contribution is 2.22. The van der Waals surface area contributed by atoms with Gasteiger partial charge in [0.2, 0.25) is 0 Å². The van der Waals surface area contributed by atoms with Crippen molar-refractivity contribution in [2.75, 3.05) is 13.1 Å². The molecule has 1 amide bonds. The predicted molar refractivity (Wildman–Crippen MR) is 70.6 cm³/mol. The molecule has 19 heavy (non-hydrogen) atoms. The maximum Gasteiger partial charge on any atom is 0.253 e. The highest BCUT2D eigenvalue weighted by Gasteiger charge is 2.24. The van der Waals surface area contributed by atoms with Crippen molar-refractivity contribution < 1.29 is 4.79 Å². The number of hydrogen-bond donors (Lipinski definition) is 0. The fraction of sp³-hybridized carbons (Fsp3) is 0.357. The molecule has 1 aliphatic heterocycles. The van der Waals surface area contributed by atoms with Crippen LogP contribution in [0.5, 0.6) is 0 Å². The van der Waals surface area contributed by atoms with Crippen LogP contribution in [0.3, 0.4) is 0 Å². The topological polar surface area (TPSA) is 51.0 Å². The summed E-state index contributed by atoms with van der Waals surface area (Å²) in [4.78, 5) is 14.2. The first kappa shape index (κ1) is 11.9. The van der Waals surface area contributed by atoms with Gasteiger partial charge in [0.15, 0.2) is 0 Å². The van der Waals surface area contributed by atoms with E-state index in [2.05, 4.69) is 10.3 Å². The number of carbonyl (C=O) groups excluding carboxylic acids is 1. The summed E-state index contributed by atoms with van der Waals surface area (Å²) in [7, 11) is 0. The third-order valence-corrected chi connectivity index (χ3v) is 3.59. The Morgan fingerprint density at radius 1 is 1.16 bits per heavy atom. The SMILES string of the molecule is O=C(c1ccccc1)N1CCC(n2ccnn2)CC1. The molecule has 5 nitrogen and oxygen atoms in total. The standard InChI is InChI=1S/C14H16N4O/c19-14(12-4-2-1-3-5-12)17-9-6-13(7-10-17)18-11-8-15-16-18/h1-5,8,11,13H,6-7,9-10H2. The van der Waals surface area contributed by atoms with Gasteiger partial charge < -0.3 is 4.90 Å². The maximum absolute atomic E-state index is 12.3. The van der Waals surface area contributed by atoms with Crippen molar-refractivity contribution in [1.29, 1.82) is 0 Å². The summed E-state index contributed by atoms with van der Waals surface area (Å²) < 4.78 is 1.89. The van der Waals surface area contributed by atoms with E-state index in [1.54, 1.807) is 6.20 Å². The van der Waals surface area contributed by atoms with E-state index in [1.165, 1.54) is 0 Å². The Labute approximate surface area is 111 Å². The van der Waals surface area contributed by atoms with Crippen LogP contribution < -0.4 is 0 Å². The van der Waals surface area contributed by atoms with Gasteiger partial charge in [-0.25, -0.2) is 4.68 Å². The van der Waals surface area contributed by atoms with E-state index in [1.807, 2.05) is 46.1 Å². The van der Waals surface area contributed by atoms with Crippen molar-refractivity contribution in [2.24, 2.45) is 0 Å². The van der Waals surface area contributed by atoms with Gasteiger partial charge in [-0.1, -0.05) is 23.4 Å². The minimum Gasteiger partial charge on any atom is -0.338 e. The molecular formula is C14H16N4O. The normalized spacial score (nSPS) is 16.5. The molecular weight excluding hydrogens is 240 g/mol. The first-order chi connectivity index (χ1) is 9.34. The summed E-state index contributed by atoms with van der Waals surface area (Å²) in [6.07, 6.45) is 5.45. The highest BCUT2D eigenvalue weighted by molar-refractivity contribution is 5.94. The lowest BCUT2D eigenvalue weighted by Gasteiger charge is -2.31. The molecule has 0 aliphatic carbocycles. The Bertz CT molecular complexity index is 530. The second-order valence-electron chi connectivity index (χ2n) is 4.77. The second kappa shape index (κ2) is 5.22. The van der Waals surface area contributed by atoms with Crippen molar-refractivity contribution in [1.82, 2.24) is 19.9 Å². The molecule has 0 bridgehead atoms.